The SMILES string of the molecule is CCN1CCN(c2nc(Nc3cc(OC)ccc3OC)nc(N)c2[N+](=O)[O-])CC1. The molecular weight excluding hydrogens is 378 g/mol. The van der Waals surface area contributed by atoms with Crippen LogP contribution >= 0.6 is 0 Å². The highest BCUT2D eigenvalue weighted by Gasteiger charge is 2.29. The summed E-state index contributed by atoms with van der Waals surface area (Å²) < 4.78 is 10.6. The van der Waals surface area contributed by atoms with Crippen LogP contribution in [0, 0.1) is 10.1 Å². The van der Waals surface area contributed by atoms with Gasteiger partial charge < -0.3 is 30.3 Å². The summed E-state index contributed by atoms with van der Waals surface area (Å²) in [6.45, 7) is 5.85. The van der Waals surface area contributed by atoms with E-state index < -0.39 is 4.92 Å². The van der Waals surface area contributed by atoms with E-state index >= 15 is 0 Å². The van der Waals surface area contributed by atoms with Crippen molar-refractivity contribution < 1.29 is 14.4 Å². The number of nitro groups is 1. The molecule has 0 atom stereocenters. The summed E-state index contributed by atoms with van der Waals surface area (Å²) in [5.74, 6) is 1.32. The molecule has 11 nitrogen and oxygen atoms in total. The minimum absolute atomic E-state index is 0.146. The van der Waals surface area contributed by atoms with E-state index in [1.165, 1.54) is 7.11 Å². The number of ether oxygens (including phenoxy) is 2. The average molecular weight is 403 g/mol. The quantitative estimate of drug-likeness (QED) is 0.521. The number of likely N-dealkylation sites (N-methyl/N-ethyl adjacent to an activating group) is 1. The highest BCUT2D eigenvalue weighted by Crippen LogP contribution is 2.35. The molecule has 3 N–H and O–H groups in total. The molecule has 0 bridgehead atoms. The zero-order valence-corrected chi connectivity index (χ0v) is 16.7. The zero-order chi connectivity index (χ0) is 21.0. The van der Waals surface area contributed by atoms with Gasteiger partial charge in [0.1, 0.15) is 11.5 Å². The molecular formula is C18H25N7O4. The maximum absolute atomic E-state index is 11.6. The Morgan fingerprint density at radius 3 is 2.52 bits per heavy atom. The lowest BCUT2D eigenvalue weighted by Gasteiger charge is -2.34. The molecule has 1 aliphatic rings. The van der Waals surface area contributed by atoms with Crippen molar-refractivity contribution in [1.82, 2.24) is 14.9 Å². The topological polar surface area (TPSA) is 132 Å². The standard InChI is InChI=1S/C18H25N7O4/c1-4-23-7-9-24(10-8-23)17-15(25(26)27)16(19)21-18(22-17)20-13-11-12(28-2)5-6-14(13)29-3/h5-6,11H,4,7-10H2,1-3H3,(H3,19,20,21,22). The molecule has 1 fully saturated rings. The monoisotopic (exact) mass is 403 g/mol. The zero-order valence-electron chi connectivity index (χ0n) is 16.7. The number of nitrogen functional groups attached to an aromatic ring is 1. The van der Waals surface area contributed by atoms with E-state index in [1.54, 1.807) is 25.3 Å². The minimum Gasteiger partial charge on any atom is -0.497 e. The molecule has 2 aromatic rings. The van der Waals surface area contributed by atoms with Gasteiger partial charge in [-0.2, -0.15) is 9.97 Å². The van der Waals surface area contributed by atoms with Gasteiger partial charge in [0.2, 0.25) is 17.6 Å². The summed E-state index contributed by atoms with van der Waals surface area (Å²) >= 11 is 0. The van der Waals surface area contributed by atoms with E-state index in [0.717, 1.165) is 19.6 Å². The number of hydrogen-bond donors (Lipinski definition) is 2. The molecule has 0 spiro atoms. The lowest BCUT2D eigenvalue weighted by Crippen LogP contribution is -2.46. The highest BCUT2D eigenvalue weighted by atomic mass is 16.6. The van der Waals surface area contributed by atoms with Gasteiger partial charge in [-0.1, -0.05) is 6.92 Å². The first-order chi connectivity index (χ1) is 14.0. The number of hydrogen-bond acceptors (Lipinski definition) is 10. The molecule has 156 valence electrons. The van der Waals surface area contributed by atoms with E-state index in [-0.39, 0.29) is 23.3 Å². The number of anilines is 4. The number of rotatable bonds is 7. The molecule has 29 heavy (non-hydrogen) atoms. The second-order valence-electron chi connectivity index (χ2n) is 6.47. The molecule has 1 aliphatic heterocycles. The fourth-order valence-corrected chi connectivity index (χ4v) is 3.22. The van der Waals surface area contributed by atoms with Crippen molar-refractivity contribution in [3.63, 3.8) is 0 Å². The molecule has 1 saturated heterocycles. The number of aromatic nitrogens is 2. The van der Waals surface area contributed by atoms with Gasteiger partial charge in [-0.05, 0) is 18.7 Å². The summed E-state index contributed by atoms with van der Waals surface area (Å²) in [7, 11) is 3.09. The molecule has 1 aromatic carbocycles. The van der Waals surface area contributed by atoms with Crippen molar-refractivity contribution in [2.24, 2.45) is 0 Å². The maximum atomic E-state index is 11.6. The summed E-state index contributed by atoms with van der Waals surface area (Å²) in [5.41, 5.74) is 6.22. The highest BCUT2D eigenvalue weighted by molar-refractivity contribution is 5.73. The van der Waals surface area contributed by atoms with Crippen molar-refractivity contribution in [2.75, 3.05) is 62.9 Å². The second kappa shape index (κ2) is 8.78. The van der Waals surface area contributed by atoms with Crippen LogP contribution in [0.4, 0.5) is 29.0 Å². The number of benzene rings is 1. The Hall–Kier alpha value is -3.34. The fraction of sp³-hybridized carbons (Fsp3) is 0.444. The van der Waals surface area contributed by atoms with E-state index in [4.69, 9.17) is 15.2 Å². The molecule has 0 amide bonds. The lowest BCUT2D eigenvalue weighted by atomic mass is 10.2. The van der Waals surface area contributed by atoms with Crippen molar-refractivity contribution in [2.45, 2.75) is 6.92 Å². The van der Waals surface area contributed by atoms with Crippen molar-refractivity contribution in [3.8, 4) is 11.5 Å². The van der Waals surface area contributed by atoms with Crippen LogP contribution < -0.4 is 25.4 Å². The molecule has 0 aliphatic carbocycles. The van der Waals surface area contributed by atoms with Crippen LogP contribution in [-0.2, 0) is 0 Å². The molecule has 0 unspecified atom stereocenters. The first kappa shape index (κ1) is 20.4. The first-order valence-electron chi connectivity index (χ1n) is 9.25. The van der Waals surface area contributed by atoms with Crippen LogP contribution in [-0.4, -0.2) is 66.7 Å². The van der Waals surface area contributed by atoms with Gasteiger partial charge in [0.25, 0.3) is 0 Å². The van der Waals surface area contributed by atoms with Crippen LogP contribution in [0.3, 0.4) is 0 Å². The molecule has 0 radical (unpaired) electrons. The van der Waals surface area contributed by atoms with Crippen molar-refractivity contribution >= 4 is 29.0 Å². The van der Waals surface area contributed by atoms with Gasteiger partial charge in [0.05, 0.1) is 24.8 Å². The van der Waals surface area contributed by atoms with Crippen LogP contribution in [0.25, 0.3) is 0 Å². The first-order valence-corrected chi connectivity index (χ1v) is 9.25. The van der Waals surface area contributed by atoms with E-state index in [0.29, 0.717) is 30.3 Å². The summed E-state index contributed by atoms with van der Waals surface area (Å²) in [5, 5.41) is 14.6. The van der Waals surface area contributed by atoms with Crippen LogP contribution in [0.5, 0.6) is 11.5 Å². The van der Waals surface area contributed by atoms with Crippen LogP contribution in [0.2, 0.25) is 0 Å². The Balaban J connectivity index is 1.97. The minimum atomic E-state index is -0.535. The fourth-order valence-electron chi connectivity index (χ4n) is 3.22. The predicted octanol–water partition coefficient (Wildman–Crippen LogP) is 1.87. The lowest BCUT2D eigenvalue weighted by molar-refractivity contribution is -0.383. The number of nitrogens with two attached hydrogens (primary N) is 1. The van der Waals surface area contributed by atoms with Gasteiger partial charge in [-0.3, -0.25) is 10.1 Å². The largest absolute Gasteiger partial charge is 0.497 e. The van der Waals surface area contributed by atoms with Gasteiger partial charge in [0, 0.05) is 32.2 Å². The van der Waals surface area contributed by atoms with Crippen molar-refractivity contribution in [1.29, 1.82) is 0 Å². The third-order valence-electron chi connectivity index (χ3n) is 4.85. The number of methoxy groups -OCH3 is 2. The molecule has 1 aromatic heterocycles. The normalized spacial score (nSPS) is 14.5. The number of nitrogens with zero attached hydrogens (tertiary/aromatic N) is 5. The molecule has 11 heteroatoms. The van der Waals surface area contributed by atoms with Gasteiger partial charge in [0.15, 0.2) is 0 Å². The van der Waals surface area contributed by atoms with Crippen LogP contribution in [0.15, 0.2) is 18.2 Å². The van der Waals surface area contributed by atoms with Gasteiger partial charge in [-0.25, -0.2) is 0 Å². The average Bonchev–Trinajstić information content (AvgIpc) is 2.73. The molecule has 3 rings (SSSR count). The Kier molecular flexibility index (Phi) is 6.17. The Morgan fingerprint density at radius 1 is 1.21 bits per heavy atom. The van der Waals surface area contributed by atoms with Gasteiger partial charge >= 0.3 is 5.69 Å². The van der Waals surface area contributed by atoms with Crippen molar-refractivity contribution in [3.05, 3.63) is 28.3 Å². The van der Waals surface area contributed by atoms with E-state index in [2.05, 4.69) is 27.1 Å². The number of piperazine rings is 1. The molecule has 0 saturated carbocycles. The summed E-state index contributed by atoms with van der Waals surface area (Å²) in [4.78, 5) is 23.7. The van der Waals surface area contributed by atoms with Gasteiger partial charge in [-0.15, -0.1) is 0 Å². The maximum Gasteiger partial charge on any atom is 0.353 e. The Morgan fingerprint density at radius 2 is 1.93 bits per heavy atom. The second-order valence-corrected chi connectivity index (χ2v) is 6.47. The van der Waals surface area contributed by atoms with E-state index in [9.17, 15) is 10.1 Å². The Labute approximate surface area is 168 Å². The summed E-state index contributed by atoms with van der Waals surface area (Å²) in [6.07, 6.45) is 0. The third kappa shape index (κ3) is 4.40. The smallest absolute Gasteiger partial charge is 0.353 e. The molecule has 2 heterocycles. The summed E-state index contributed by atoms with van der Waals surface area (Å²) in [6, 6.07) is 5.22. The Bertz CT molecular complexity index is 885. The van der Waals surface area contributed by atoms with Crippen LogP contribution in [0.1, 0.15) is 6.92 Å². The number of nitrogens with one attached hydrogen (secondary N) is 1. The predicted molar refractivity (Wildman–Crippen MR) is 110 cm³/mol. The van der Waals surface area contributed by atoms with E-state index in [1.807, 2.05) is 4.90 Å². The third-order valence-corrected chi connectivity index (χ3v) is 4.85.